The van der Waals surface area contributed by atoms with Gasteiger partial charge in [-0.3, -0.25) is 4.90 Å². The molecule has 0 aromatic rings. The Labute approximate surface area is 141 Å². The van der Waals surface area contributed by atoms with E-state index < -0.39 is 12.1 Å². The molecule has 0 N–H and O–H groups in total. The summed E-state index contributed by atoms with van der Waals surface area (Å²) in [6, 6.07) is -0.583. The van der Waals surface area contributed by atoms with Crippen LogP contribution in [-0.2, 0) is 14.3 Å². The first-order chi connectivity index (χ1) is 10.8. The van der Waals surface area contributed by atoms with Crippen LogP contribution < -0.4 is 0 Å². The third-order valence-electron chi connectivity index (χ3n) is 3.50. The molecule has 0 aliphatic carbocycles. The highest BCUT2D eigenvalue weighted by molar-refractivity contribution is 5.81. The van der Waals surface area contributed by atoms with Gasteiger partial charge in [-0.25, -0.2) is 9.59 Å². The van der Waals surface area contributed by atoms with E-state index in [2.05, 4.69) is 6.92 Å². The van der Waals surface area contributed by atoms with Gasteiger partial charge in [0.05, 0.1) is 13.2 Å². The number of carbonyl (C=O) groups is 2. The molecule has 0 aliphatic rings. The Morgan fingerprint density at radius 3 is 2.13 bits per heavy atom. The average molecular weight is 329 g/mol. The lowest BCUT2D eigenvalue weighted by Gasteiger charge is -2.27. The minimum atomic E-state index is -0.583. The van der Waals surface area contributed by atoms with Crippen LogP contribution in [0.1, 0.15) is 66.7 Å². The second-order valence-electron chi connectivity index (χ2n) is 6.96. The molecule has 1 unspecified atom stereocenters. The van der Waals surface area contributed by atoms with Crippen molar-refractivity contribution in [2.24, 2.45) is 11.8 Å². The van der Waals surface area contributed by atoms with Gasteiger partial charge in [-0.2, -0.15) is 0 Å². The summed E-state index contributed by atoms with van der Waals surface area (Å²) >= 11 is 0. The molecule has 5 nitrogen and oxygen atoms in total. The molecule has 5 heteroatoms. The van der Waals surface area contributed by atoms with Gasteiger partial charge in [-0.05, 0) is 24.7 Å². The van der Waals surface area contributed by atoms with Crippen LogP contribution in [0.2, 0.25) is 0 Å². The van der Waals surface area contributed by atoms with Gasteiger partial charge in [-0.1, -0.05) is 53.9 Å². The first kappa shape index (κ1) is 21.7. The van der Waals surface area contributed by atoms with Crippen LogP contribution in [0.15, 0.2) is 0 Å². The predicted molar refractivity (Wildman–Crippen MR) is 92.3 cm³/mol. The molecule has 1 amide bonds. The smallest absolute Gasteiger partial charge is 0.410 e. The van der Waals surface area contributed by atoms with Crippen molar-refractivity contribution >= 4 is 12.1 Å². The number of hydrogen-bond acceptors (Lipinski definition) is 4. The van der Waals surface area contributed by atoms with Gasteiger partial charge in [0, 0.05) is 7.05 Å². The molecule has 1 atom stereocenters. The Morgan fingerprint density at radius 1 is 0.957 bits per heavy atom. The van der Waals surface area contributed by atoms with E-state index in [0.29, 0.717) is 19.6 Å². The normalized spacial score (nSPS) is 12.3. The van der Waals surface area contributed by atoms with Crippen LogP contribution in [0, 0.1) is 11.8 Å². The Balaban J connectivity index is 4.52. The van der Waals surface area contributed by atoms with Crippen molar-refractivity contribution in [3.8, 4) is 0 Å². The van der Waals surface area contributed by atoms with Gasteiger partial charge in [0.15, 0.2) is 0 Å². The SMILES string of the molecule is CCCCCCOC(=O)C(CC(C)C)N(C)C(=O)OCC(C)C. The Kier molecular flexibility index (Phi) is 11.5. The van der Waals surface area contributed by atoms with Crippen molar-refractivity contribution in [2.45, 2.75) is 72.8 Å². The summed E-state index contributed by atoms with van der Waals surface area (Å²) in [5.41, 5.74) is 0. The maximum Gasteiger partial charge on any atom is 0.410 e. The fraction of sp³-hybridized carbons (Fsp3) is 0.889. The van der Waals surface area contributed by atoms with Gasteiger partial charge in [0.1, 0.15) is 6.04 Å². The van der Waals surface area contributed by atoms with E-state index in [4.69, 9.17) is 9.47 Å². The van der Waals surface area contributed by atoms with Gasteiger partial charge in [0.25, 0.3) is 0 Å². The maximum absolute atomic E-state index is 12.3. The van der Waals surface area contributed by atoms with E-state index in [9.17, 15) is 9.59 Å². The molecule has 0 aromatic carbocycles. The summed E-state index contributed by atoms with van der Waals surface area (Å²) in [6.45, 7) is 10.9. The number of likely N-dealkylation sites (N-methyl/N-ethyl adjacent to an activating group) is 1. The monoisotopic (exact) mass is 329 g/mol. The molecule has 0 saturated heterocycles. The van der Waals surface area contributed by atoms with Crippen LogP contribution in [-0.4, -0.2) is 43.3 Å². The van der Waals surface area contributed by atoms with Crippen molar-refractivity contribution in [2.75, 3.05) is 20.3 Å². The highest BCUT2D eigenvalue weighted by atomic mass is 16.6. The Hall–Kier alpha value is -1.26. The largest absolute Gasteiger partial charge is 0.464 e. The molecule has 0 heterocycles. The summed E-state index contributed by atoms with van der Waals surface area (Å²) in [4.78, 5) is 25.8. The summed E-state index contributed by atoms with van der Waals surface area (Å²) in [5, 5.41) is 0. The zero-order valence-corrected chi connectivity index (χ0v) is 15.8. The summed E-state index contributed by atoms with van der Waals surface area (Å²) < 4.78 is 10.6. The summed E-state index contributed by atoms with van der Waals surface area (Å²) in [6.07, 6.45) is 4.33. The quantitative estimate of drug-likeness (QED) is 0.420. The third-order valence-corrected chi connectivity index (χ3v) is 3.50. The molecule has 0 radical (unpaired) electrons. The first-order valence-corrected chi connectivity index (χ1v) is 8.85. The Morgan fingerprint density at radius 2 is 1.61 bits per heavy atom. The number of amides is 1. The zero-order chi connectivity index (χ0) is 17.8. The molecular formula is C18H35NO4. The van der Waals surface area contributed by atoms with E-state index in [1.165, 1.54) is 4.90 Å². The molecule has 136 valence electrons. The van der Waals surface area contributed by atoms with Crippen molar-refractivity contribution in [1.82, 2.24) is 4.90 Å². The van der Waals surface area contributed by atoms with E-state index >= 15 is 0 Å². The number of rotatable bonds is 11. The van der Waals surface area contributed by atoms with Crippen molar-refractivity contribution in [3.05, 3.63) is 0 Å². The lowest BCUT2D eigenvalue weighted by molar-refractivity contribution is -0.149. The topological polar surface area (TPSA) is 55.8 Å². The van der Waals surface area contributed by atoms with E-state index in [1.807, 2.05) is 27.7 Å². The molecule has 23 heavy (non-hydrogen) atoms. The summed E-state index contributed by atoms with van der Waals surface area (Å²) in [7, 11) is 1.61. The third kappa shape index (κ3) is 10.2. The molecule has 0 saturated carbocycles. The molecule has 0 aliphatic heterocycles. The van der Waals surface area contributed by atoms with Gasteiger partial charge in [-0.15, -0.1) is 0 Å². The first-order valence-electron chi connectivity index (χ1n) is 8.85. The minimum Gasteiger partial charge on any atom is -0.464 e. The minimum absolute atomic E-state index is 0.265. The number of hydrogen-bond donors (Lipinski definition) is 0. The zero-order valence-electron chi connectivity index (χ0n) is 15.8. The van der Waals surface area contributed by atoms with Gasteiger partial charge < -0.3 is 9.47 Å². The number of carbonyl (C=O) groups excluding carboxylic acids is 2. The average Bonchev–Trinajstić information content (AvgIpc) is 2.48. The molecule has 0 rings (SSSR count). The lowest BCUT2D eigenvalue weighted by atomic mass is 10.0. The number of esters is 1. The van der Waals surface area contributed by atoms with Crippen LogP contribution in [0.25, 0.3) is 0 Å². The number of unbranched alkanes of at least 4 members (excludes halogenated alkanes) is 3. The second kappa shape index (κ2) is 12.2. The van der Waals surface area contributed by atoms with Gasteiger partial charge in [0.2, 0.25) is 0 Å². The second-order valence-corrected chi connectivity index (χ2v) is 6.96. The maximum atomic E-state index is 12.3. The predicted octanol–water partition coefficient (Wildman–Crippen LogP) is 4.25. The van der Waals surface area contributed by atoms with Crippen LogP contribution in [0.5, 0.6) is 0 Å². The van der Waals surface area contributed by atoms with E-state index in [1.54, 1.807) is 7.05 Å². The molecule has 0 spiro atoms. The highest BCUT2D eigenvalue weighted by Crippen LogP contribution is 2.14. The van der Waals surface area contributed by atoms with Crippen molar-refractivity contribution in [1.29, 1.82) is 0 Å². The van der Waals surface area contributed by atoms with E-state index in [-0.39, 0.29) is 17.8 Å². The van der Waals surface area contributed by atoms with Crippen LogP contribution in [0.3, 0.4) is 0 Å². The number of ether oxygens (including phenoxy) is 2. The lowest BCUT2D eigenvalue weighted by Crippen LogP contribution is -2.44. The van der Waals surface area contributed by atoms with Gasteiger partial charge >= 0.3 is 12.1 Å². The number of nitrogens with zero attached hydrogens (tertiary/aromatic N) is 1. The fourth-order valence-corrected chi connectivity index (χ4v) is 2.12. The van der Waals surface area contributed by atoms with Crippen LogP contribution >= 0.6 is 0 Å². The molecule has 0 aromatic heterocycles. The molecular weight excluding hydrogens is 294 g/mol. The van der Waals surface area contributed by atoms with Crippen molar-refractivity contribution < 1.29 is 19.1 Å². The Bertz CT molecular complexity index is 342. The highest BCUT2D eigenvalue weighted by Gasteiger charge is 2.30. The van der Waals surface area contributed by atoms with Crippen molar-refractivity contribution in [3.63, 3.8) is 0 Å². The molecule has 0 fully saturated rings. The van der Waals surface area contributed by atoms with E-state index in [0.717, 1.165) is 25.7 Å². The standard InChI is InChI=1S/C18H35NO4/c1-7-8-9-10-11-22-17(20)16(12-14(2)3)19(6)18(21)23-13-15(4)5/h14-16H,7-13H2,1-6H3. The fourth-order valence-electron chi connectivity index (χ4n) is 2.12. The van der Waals surface area contributed by atoms with Crippen LogP contribution in [0.4, 0.5) is 4.79 Å². The summed E-state index contributed by atoms with van der Waals surface area (Å²) in [5.74, 6) is 0.216. The molecule has 0 bridgehead atoms.